The highest BCUT2D eigenvalue weighted by Gasteiger charge is 2.40. The molecule has 2 fully saturated rings. The molecular formula is C18H26N2OS. The van der Waals surface area contributed by atoms with E-state index < -0.39 is 5.54 Å². The molecule has 1 saturated carbocycles. The number of carbonyl (C=O) groups excluding carboxylic acids is 1. The second kappa shape index (κ2) is 7.05. The molecule has 3 rings (SSSR count). The fourth-order valence-electron chi connectivity index (χ4n) is 3.60. The maximum Gasteiger partial charge on any atom is 0.242 e. The first-order chi connectivity index (χ1) is 10.7. The minimum atomic E-state index is -0.570. The molecule has 2 aliphatic rings. The summed E-state index contributed by atoms with van der Waals surface area (Å²) in [6, 6.07) is 10.5. The van der Waals surface area contributed by atoms with Gasteiger partial charge in [-0.2, -0.15) is 0 Å². The molecule has 1 aromatic carbocycles. The third-order valence-electron chi connectivity index (χ3n) is 4.97. The highest BCUT2D eigenvalue weighted by Crippen LogP contribution is 2.31. The normalized spacial score (nSPS) is 24.4. The molecule has 1 aliphatic heterocycles. The first-order valence-electron chi connectivity index (χ1n) is 8.43. The zero-order chi connectivity index (χ0) is 15.4. The van der Waals surface area contributed by atoms with Gasteiger partial charge in [0, 0.05) is 23.7 Å². The quantitative estimate of drug-likeness (QED) is 0.867. The van der Waals surface area contributed by atoms with Crippen LogP contribution in [0.1, 0.15) is 38.5 Å². The van der Waals surface area contributed by atoms with E-state index in [1.807, 2.05) is 22.7 Å². The Morgan fingerprint density at radius 3 is 2.68 bits per heavy atom. The summed E-state index contributed by atoms with van der Waals surface area (Å²) in [5.41, 5.74) is 5.83. The van der Waals surface area contributed by atoms with E-state index in [9.17, 15) is 4.79 Å². The Kier molecular flexibility index (Phi) is 5.09. The molecule has 0 bridgehead atoms. The number of nitrogens with two attached hydrogens (primary N) is 1. The van der Waals surface area contributed by atoms with E-state index in [1.165, 1.54) is 11.3 Å². The second-order valence-corrected chi connectivity index (χ2v) is 7.84. The van der Waals surface area contributed by atoms with Crippen LogP contribution in [-0.4, -0.2) is 35.2 Å². The van der Waals surface area contributed by atoms with Gasteiger partial charge in [0.2, 0.25) is 5.91 Å². The molecule has 1 atom stereocenters. The smallest absolute Gasteiger partial charge is 0.242 e. The van der Waals surface area contributed by atoms with Crippen LogP contribution >= 0.6 is 11.8 Å². The van der Waals surface area contributed by atoms with Gasteiger partial charge in [0.25, 0.3) is 0 Å². The van der Waals surface area contributed by atoms with Crippen molar-refractivity contribution in [1.82, 2.24) is 4.90 Å². The summed E-state index contributed by atoms with van der Waals surface area (Å²) in [4.78, 5) is 16.1. The standard InChI is InChI=1S/C18H26N2OS/c19-18(10-5-2-6-11-18)17(21)20-12-9-15(13-20)14-22-16-7-3-1-4-8-16/h1,3-4,7-8,15H,2,5-6,9-14,19H2. The summed E-state index contributed by atoms with van der Waals surface area (Å²) < 4.78 is 0. The van der Waals surface area contributed by atoms with Crippen LogP contribution in [0.3, 0.4) is 0 Å². The first-order valence-corrected chi connectivity index (χ1v) is 9.42. The second-order valence-electron chi connectivity index (χ2n) is 6.75. The molecule has 1 heterocycles. The Morgan fingerprint density at radius 1 is 1.23 bits per heavy atom. The summed E-state index contributed by atoms with van der Waals surface area (Å²) in [6.07, 6.45) is 6.27. The van der Waals surface area contributed by atoms with Crippen molar-refractivity contribution in [2.45, 2.75) is 49.0 Å². The predicted molar refractivity (Wildman–Crippen MR) is 91.9 cm³/mol. The van der Waals surface area contributed by atoms with Gasteiger partial charge < -0.3 is 10.6 Å². The fourth-order valence-corrected chi connectivity index (χ4v) is 4.65. The SMILES string of the molecule is NC1(C(=O)N2CCC(CSc3ccccc3)C2)CCCCC1. The van der Waals surface area contributed by atoms with Crippen LogP contribution in [0.4, 0.5) is 0 Å². The fraction of sp³-hybridized carbons (Fsp3) is 0.611. The van der Waals surface area contributed by atoms with Gasteiger partial charge >= 0.3 is 0 Å². The van der Waals surface area contributed by atoms with Crippen molar-refractivity contribution < 1.29 is 4.79 Å². The Hall–Kier alpha value is -1.00. The van der Waals surface area contributed by atoms with E-state index in [-0.39, 0.29) is 5.91 Å². The van der Waals surface area contributed by atoms with Crippen LogP contribution in [0.25, 0.3) is 0 Å². The molecule has 1 aliphatic carbocycles. The van der Waals surface area contributed by atoms with Gasteiger partial charge in [-0.3, -0.25) is 4.79 Å². The zero-order valence-corrected chi connectivity index (χ0v) is 14.0. The maximum absolute atomic E-state index is 12.7. The highest BCUT2D eigenvalue weighted by molar-refractivity contribution is 7.99. The number of rotatable bonds is 4. The van der Waals surface area contributed by atoms with E-state index in [0.717, 1.165) is 50.9 Å². The highest BCUT2D eigenvalue weighted by atomic mass is 32.2. The Balaban J connectivity index is 1.50. The van der Waals surface area contributed by atoms with E-state index in [4.69, 9.17) is 5.73 Å². The minimum Gasteiger partial charge on any atom is -0.341 e. The van der Waals surface area contributed by atoms with Gasteiger partial charge in [-0.15, -0.1) is 11.8 Å². The van der Waals surface area contributed by atoms with Crippen molar-refractivity contribution in [2.24, 2.45) is 11.7 Å². The predicted octanol–water partition coefficient (Wildman–Crippen LogP) is 3.29. The number of carbonyl (C=O) groups is 1. The molecular weight excluding hydrogens is 292 g/mol. The van der Waals surface area contributed by atoms with Crippen molar-refractivity contribution in [3.05, 3.63) is 30.3 Å². The molecule has 1 saturated heterocycles. The Labute approximate surface area is 137 Å². The topological polar surface area (TPSA) is 46.3 Å². The average molecular weight is 318 g/mol. The van der Waals surface area contributed by atoms with Crippen molar-refractivity contribution in [3.8, 4) is 0 Å². The molecule has 0 aromatic heterocycles. The van der Waals surface area contributed by atoms with Crippen LogP contribution < -0.4 is 5.73 Å². The van der Waals surface area contributed by atoms with Crippen LogP contribution in [0.2, 0.25) is 0 Å². The average Bonchev–Trinajstić information content (AvgIpc) is 3.03. The lowest BCUT2D eigenvalue weighted by atomic mass is 9.81. The Bertz CT molecular complexity index is 499. The van der Waals surface area contributed by atoms with Crippen LogP contribution in [0, 0.1) is 5.92 Å². The van der Waals surface area contributed by atoms with Crippen LogP contribution in [-0.2, 0) is 4.79 Å². The van der Waals surface area contributed by atoms with Gasteiger partial charge in [-0.1, -0.05) is 37.5 Å². The van der Waals surface area contributed by atoms with Crippen molar-refractivity contribution in [2.75, 3.05) is 18.8 Å². The lowest BCUT2D eigenvalue weighted by Gasteiger charge is -2.35. The monoisotopic (exact) mass is 318 g/mol. The first kappa shape index (κ1) is 15.9. The zero-order valence-electron chi connectivity index (χ0n) is 13.2. The van der Waals surface area contributed by atoms with Gasteiger partial charge in [0.1, 0.15) is 0 Å². The van der Waals surface area contributed by atoms with Gasteiger partial charge in [0.15, 0.2) is 0 Å². The van der Waals surface area contributed by atoms with E-state index in [2.05, 4.69) is 24.3 Å². The molecule has 0 spiro atoms. The summed E-state index contributed by atoms with van der Waals surface area (Å²) in [7, 11) is 0. The summed E-state index contributed by atoms with van der Waals surface area (Å²) >= 11 is 1.90. The van der Waals surface area contributed by atoms with Gasteiger partial charge in [-0.05, 0) is 37.3 Å². The number of thioether (sulfide) groups is 1. The maximum atomic E-state index is 12.7. The Morgan fingerprint density at radius 2 is 1.95 bits per heavy atom. The summed E-state index contributed by atoms with van der Waals surface area (Å²) in [5.74, 6) is 1.89. The van der Waals surface area contributed by atoms with Crippen molar-refractivity contribution in [1.29, 1.82) is 0 Å². The van der Waals surface area contributed by atoms with Gasteiger partial charge in [0.05, 0.1) is 5.54 Å². The lowest BCUT2D eigenvalue weighted by Crippen LogP contribution is -2.55. The van der Waals surface area contributed by atoms with E-state index in [1.54, 1.807) is 0 Å². The lowest BCUT2D eigenvalue weighted by molar-refractivity contribution is -0.137. The number of hydrogen-bond donors (Lipinski definition) is 1. The number of hydrogen-bond acceptors (Lipinski definition) is 3. The molecule has 0 radical (unpaired) electrons. The van der Waals surface area contributed by atoms with Crippen LogP contribution in [0.15, 0.2) is 35.2 Å². The molecule has 22 heavy (non-hydrogen) atoms. The van der Waals surface area contributed by atoms with Crippen molar-refractivity contribution >= 4 is 17.7 Å². The third kappa shape index (κ3) is 3.66. The molecule has 4 heteroatoms. The number of amides is 1. The molecule has 1 unspecified atom stereocenters. The number of nitrogens with zero attached hydrogens (tertiary/aromatic N) is 1. The molecule has 1 aromatic rings. The summed E-state index contributed by atoms with van der Waals surface area (Å²) in [6.45, 7) is 1.77. The number of likely N-dealkylation sites (tertiary alicyclic amines) is 1. The molecule has 120 valence electrons. The molecule has 3 nitrogen and oxygen atoms in total. The molecule has 2 N–H and O–H groups in total. The van der Waals surface area contributed by atoms with Gasteiger partial charge in [-0.25, -0.2) is 0 Å². The van der Waals surface area contributed by atoms with E-state index >= 15 is 0 Å². The largest absolute Gasteiger partial charge is 0.341 e. The molecule has 1 amide bonds. The third-order valence-corrected chi connectivity index (χ3v) is 6.22. The minimum absolute atomic E-state index is 0.208. The van der Waals surface area contributed by atoms with Crippen LogP contribution in [0.5, 0.6) is 0 Å². The summed E-state index contributed by atoms with van der Waals surface area (Å²) in [5, 5.41) is 0. The number of benzene rings is 1. The van der Waals surface area contributed by atoms with Crippen molar-refractivity contribution in [3.63, 3.8) is 0 Å². The van der Waals surface area contributed by atoms with E-state index in [0.29, 0.717) is 5.92 Å².